The lowest BCUT2D eigenvalue weighted by atomic mass is 10.1. The van der Waals surface area contributed by atoms with Gasteiger partial charge in [-0.15, -0.1) is 0 Å². The third-order valence-electron chi connectivity index (χ3n) is 3.83. The largest absolute Gasteiger partial charge is 0.342 e. The molecule has 0 radical (unpaired) electrons. The van der Waals surface area contributed by atoms with E-state index in [1.54, 1.807) is 0 Å². The molecule has 4 heteroatoms. The molecule has 0 unspecified atom stereocenters. The van der Waals surface area contributed by atoms with E-state index in [0.717, 1.165) is 43.1 Å². The highest BCUT2D eigenvalue weighted by Crippen LogP contribution is 2.39. The molecular formula is C15H18ClNOS. The Kier molecular flexibility index (Phi) is 4.04. The first-order valence-electron chi connectivity index (χ1n) is 6.90. The van der Waals surface area contributed by atoms with Crippen molar-refractivity contribution in [2.24, 2.45) is 5.92 Å². The molecule has 0 N–H and O–H groups in total. The lowest BCUT2D eigenvalue weighted by Crippen LogP contribution is -2.34. The number of hydrogen-bond donors (Lipinski definition) is 0. The van der Waals surface area contributed by atoms with Crippen LogP contribution in [0.15, 0.2) is 24.3 Å². The van der Waals surface area contributed by atoms with Crippen molar-refractivity contribution in [3.63, 3.8) is 0 Å². The Labute approximate surface area is 123 Å². The minimum Gasteiger partial charge on any atom is -0.342 e. The molecule has 1 amide bonds. The van der Waals surface area contributed by atoms with Crippen molar-refractivity contribution in [3.8, 4) is 0 Å². The molecule has 0 bridgehead atoms. The number of carbonyl (C=O) groups excluding carboxylic acids is 1. The van der Waals surface area contributed by atoms with Crippen LogP contribution < -0.4 is 0 Å². The number of rotatable bonds is 2. The van der Waals surface area contributed by atoms with E-state index in [1.165, 1.54) is 5.56 Å². The van der Waals surface area contributed by atoms with E-state index in [1.807, 2.05) is 30.0 Å². The molecule has 0 aromatic heterocycles. The van der Waals surface area contributed by atoms with Gasteiger partial charge in [0.25, 0.3) is 0 Å². The number of benzene rings is 1. The van der Waals surface area contributed by atoms with Crippen LogP contribution in [0.4, 0.5) is 0 Å². The van der Waals surface area contributed by atoms with Crippen molar-refractivity contribution >= 4 is 29.3 Å². The summed E-state index contributed by atoms with van der Waals surface area (Å²) in [7, 11) is 0. The zero-order chi connectivity index (χ0) is 13.2. The van der Waals surface area contributed by atoms with E-state index >= 15 is 0 Å². The van der Waals surface area contributed by atoms with Crippen molar-refractivity contribution < 1.29 is 4.79 Å². The van der Waals surface area contributed by atoms with Crippen LogP contribution in [0.2, 0.25) is 5.02 Å². The Morgan fingerprint density at radius 2 is 2.00 bits per heavy atom. The van der Waals surface area contributed by atoms with E-state index < -0.39 is 0 Å². The summed E-state index contributed by atoms with van der Waals surface area (Å²) in [5.74, 6) is 1.72. The summed E-state index contributed by atoms with van der Waals surface area (Å²) in [6, 6.07) is 8.07. The standard InChI is InChI=1S/C15H18ClNOS/c16-13-4-2-1-3-12(13)14-7-8-17(9-10-19-14)15(18)11-5-6-11/h1-4,11,14H,5-10H2/t14-/m0/s1. The zero-order valence-electron chi connectivity index (χ0n) is 10.8. The van der Waals surface area contributed by atoms with E-state index in [0.29, 0.717) is 17.1 Å². The molecule has 1 saturated heterocycles. The normalized spacial score (nSPS) is 24.1. The van der Waals surface area contributed by atoms with Gasteiger partial charge in [-0.25, -0.2) is 0 Å². The summed E-state index contributed by atoms with van der Waals surface area (Å²) >= 11 is 8.20. The molecule has 1 aliphatic heterocycles. The van der Waals surface area contributed by atoms with Gasteiger partial charge < -0.3 is 4.90 Å². The van der Waals surface area contributed by atoms with Crippen LogP contribution in [-0.4, -0.2) is 29.6 Å². The van der Waals surface area contributed by atoms with Crippen molar-refractivity contribution in [2.75, 3.05) is 18.8 Å². The number of hydrogen-bond acceptors (Lipinski definition) is 2. The number of carbonyl (C=O) groups is 1. The van der Waals surface area contributed by atoms with E-state index in [9.17, 15) is 4.79 Å². The van der Waals surface area contributed by atoms with Crippen molar-refractivity contribution in [1.82, 2.24) is 4.90 Å². The molecule has 1 atom stereocenters. The average Bonchev–Trinajstić information content (AvgIpc) is 3.25. The number of thioether (sulfide) groups is 1. The van der Waals surface area contributed by atoms with Gasteiger partial charge in [0.1, 0.15) is 0 Å². The molecule has 19 heavy (non-hydrogen) atoms. The summed E-state index contributed by atoms with van der Waals surface area (Å²) in [5.41, 5.74) is 1.22. The van der Waals surface area contributed by atoms with Gasteiger partial charge in [0.15, 0.2) is 0 Å². The molecule has 3 rings (SSSR count). The Morgan fingerprint density at radius 1 is 1.21 bits per heavy atom. The van der Waals surface area contributed by atoms with Crippen LogP contribution in [-0.2, 0) is 4.79 Å². The first-order chi connectivity index (χ1) is 9.25. The second kappa shape index (κ2) is 5.76. The van der Waals surface area contributed by atoms with Crippen LogP contribution >= 0.6 is 23.4 Å². The summed E-state index contributed by atoms with van der Waals surface area (Å²) in [6.07, 6.45) is 3.19. The SMILES string of the molecule is O=C(C1CC1)N1CCS[C@H](c2ccccc2Cl)CC1. The summed E-state index contributed by atoms with van der Waals surface area (Å²) < 4.78 is 0. The molecule has 1 heterocycles. The molecule has 2 nitrogen and oxygen atoms in total. The van der Waals surface area contributed by atoms with E-state index in [2.05, 4.69) is 11.0 Å². The van der Waals surface area contributed by atoms with Crippen LogP contribution in [0.5, 0.6) is 0 Å². The van der Waals surface area contributed by atoms with Gasteiger partial charge in [0.2, 0.25) is 5.91 Å². The fourth-order valence-corrected chi connectivity index (χ4v) is 4.16. The molecule has 1 aromatic rings. The van der Waals surface area contributed by atoms with Gasteiger partial charge >= 0.3 is 0 Å². The van der Waals surface area contributed by atoms with Gasteiger partial charge in [-0.1, -0.05) is 29.8 Å². The molecule has 0 spiro atoms. The minimum atomic E-state index is 0.335. The molecule has 1 aliphatic carbocycles. The second-order valence-electron chi connectivity index (χ2n) is 5.27. The highest BCUT2D eigenvalue weighted by Gasteiger charge is 2.34. The van der Waals surface area contributed by atoms with Gasteiger partial charge in [0, 0.05) is 35.0 Å². The maximum Gasteiger partial charge on any atom is 0.225 e. The minimum absolute atomic E-state index is 0.335. The van der Waals surface area contributed by atoms with Gasteiger partial charge in [-0.05, 0) is 30.9 Å². The lowest BCUT2D eigenvalue weighted by Gasteiger charge is -2.20. The number of amides is 1. The molecule has 1 aromatic carbocycles. The average molecular weight is 296 g/mol. The highest BCUT2D eigenvalue weighted by molar-refractivity contribution is 7.99. The number of halogens is 1. The fourth-order valence-electron chi connectivity index (χ4n) is 2.56. The first kappa shape index (κ1) is 13.3. The smallest absolute Gasteiger partial charge is 0.225 e. The highest BCUT2D eigenvalue weighted by atomic mass is 35.5. The maximum atomic E-state index is 12.1. The van der Waals surface area contributed by atoms with Crippen molar-refractivity contribution in [1.29, 1.82) is 0 Å². The maximum absolute atomic E-state index is 12.1. The Bertz CT molecular complexity index is 475. The Hall–Kier alpha value is -0.670. The van der Waals surface area contributed by atoms with Gasteiger partial charge in [0.05, 0.1) is 0 Å². The van der Waals surface area contributed by atoms with Crippen LogP contribution in [0.1, 0.15) is 30.1 Å². The monoisotopic (exact) mass is 295 g/mol. The summed E-state index contributed by atoms with van der Waals surface area (Å²) in [4.78, 5) is 14.2. The second-order valence-corrected chi connectivity index (χ2v) is 6.99. The summed E-state index contributed by atoms with van der Waals surface area (Å²) in [5, 5.41) is 1.27. The quantitative estimate of drug-likeness (QED) is 0.828. The van der Waals surface area contributed by atoms with Gasteiger partial charge in [-0.3, -0.25) is 4.79 Å². The Balaban J connectivity index is 1.67. The third-order valence-corrected chi connectivity index (χ3v) is 5.49. The topological polar surface area (TPSA) is 20.3 Å². The van der Waals surface area contributed by atoms with Gasteiger partial charge in [-0.2, -0.15) is 11.8 Å². The fraction of sp³-hybridized carbons (Fsp3) is 0.533. The van der Waals surface area contributed by atoms with Crippen LogP contribution in [0.3, 0.4) is 0 Å². The van der Waals surface area contributed by atoms with E-state index in [-0.39, 0.29) is 0 Å². The van der Waals surface area contributed by atoms with Crippen molar-refractivity contribution in [2.45, 2.75) is 24.5 Å². The third kappa shape index (κ3) is 3.09. The lowest BCUT2D eigenvalue weighted by molar-refractivity contribution is -0.132. The number of nitrogens with zero attached hydrogens (tertiary/aromatic N) is 1. The predicted octanol–water partition coefficient (Wildman–Crippen LogP) is 3.76. The zero-order valence-corrected chi connectivity index (χ0v) is 12.4. The molecule has 2 aliphatic rings. The predicted molar refractivity (Wildman–Crippen MR) is 80.6 cm³/mol. The Morgan fingerprint density at radius 3 is 2.74 bits per heavy atom. The van der Waals surface area contributed by atoms with E-state index in [4.69, 9.17) is 11.6 Å². The molecule has 102 valence electrons. The van der Waals surface area contributed by atoms with Crippen LogP contribution in [0.25, 0.3) is 0 Å². The molecule has 2 fully saturated rings. The van der Waals surface area contributed by atoms with Crippen LogP contribution in [0, 0.1) is 5.92 Å². The first-order valence-corrected chi connectivity index (χ1v) is 8.33. The molecular weight excluding hydrogens is 278 g/mol. The molecule has 1 saturated carbocycles. The summed E-state index contributed by atoms with van der Waals surface area (Å²) in [6.45, 7) is 1.76. The van der Waals surface area contributed by atoms with Crippen molar-refractivity contribution in [3.05, 3.63) is 34.9 Å².